The number of carbonyl (C=O) groups excluding carboxylic acids is 1. The number of hydrogen-bond acceptors (Lipinski definition) is 4. The number of pyridine rings is 1. The van der Waals surface area contributed by atoms with Crippen molar-refractivity contribution >= 4 is 5.91 Å². The second-order valence-electron chi connectivity index (χ2n) is 6.35. The van der Waals surface area contributed by atoms with Crippen LogP contribution in [0.2, 0.25) is 0 Å². The number of piperidine rings is 1. The van der Waals surface area contributed by atoms with Crippen LogP contribution in [0, 0.1) is 13.8 Å². The molecule has 2 aromatic rings. The summed E-state index contributed by atoms with van der Waals surface area (Å²) in [7, 11) is 1.57. The normalized spacial score (nSPS) is 17.8. The first-order valence-electron chi connectivity index (χ1n) is 8.40. The molecule has 1 saturated heterocycles. The fourth-order valence-corrected chi connectivity index (χ4v) is 3.31. The average Bonchev–Trinajstić information content (AvgIpc) is 2.92. The molecule has 0 spiro atoms. The molecule has 1 aliphatic rings. The second kappa shape index (κ2) is 7.03. The highest BCUT2D eigenvalue weighted by atomic mass is 16.5. The Labute approximate surface area is 142 Å². The summed E-state index contributed by atoms with van der Waals surface area (Å²) in [4.78, 5) is 19.0. The Morgan fingerprint density at radius 3 is 2.79 bits per heavy atom. The number of ether oxygens (including phenoxy) is 1. The van der Waals surface area contributed by atoms with E-state index in [1.54, 1.807) is 25.4 Å². The monoisotopic (exact) mass is 328 g/mol. The number of likely N-dealkylation sites (tertiary alicyclic amines) is 1. The number of nitrogens with zero attached hydrogens (tertiary/aromatic N) is 4. The van der Waals surface area contributed by atoms with Gasteiger partial charge in [-0.1, -0.05) is 0 Å². The lowest BCUT2D eigenvalue weighted by molar-refractivity contribution is 0.0582. The standard InChI is InChI=1S/C18H24N4O2/c1-13-10-14(2)22(20-13)12-16-6-4-5-9-21(16)18(23)15-7-8-17(24-3)19-11-15/h7-8,10-11,16H,4-6,9,12H2,1-3H3/t16-/m0/s1. The largest absolute Gasteiger partial charge is 0.481 e. The summed E-state index contributed by atoms with van der Waals surface area (Å²) in [6.07, 6.45) is 4.79. The molecule has 6 heteroatoms. The number of carbonyl (C=O) groups is 1. The molecule has 0 unspecified atom stereocenters. The maximum absolute atomic E-state index is 12.9. The first-order chi connectivity index (χ1) is 11.6. The molecule has 1 atom stereocenters. The average molecular weight is 328 g/mol. The lowest BCUT2D eigenvalue weighted by atomic mass is 10.0. The van der Waals surface area contributed by atoms with E-state index in [-0.39, 0.29) is 11.9 Å². The number of hydrogen-bond donors (Lipinski definition) is 0. The highest BCUT2D eigenvalue weighted by Gasteiger charge is 2.28. The number of aryl methyl sites for hydroxylation is 2. The molecule has 0 radical (unpaired) electrons. The zero-order valence-corrected chi connectivity index (χ0v) is 14.5. The highest BCUT2D eigenvalue weighted by Crippen LogP contribution is 2.22. The fraction of sp³-hybridized carbons (Fsp3) is 0.500. The van der Waals surface area contributed by atoms with Crippen LogP contribution < -0.4 is 4.74 Å². The summed E-state index contributed by atoms with van der Waals surface area (Å²) in [5, 5.41) is 4.54. The third kappa shape index (κ3) is 3.42. The maximum Gasteiger partial charge on any atom is 0.255 e. The second-order valence-corrected chi connectivity index (χ2v) is 6.35. The summed E-state index contributed by atoms with van der Waals surface area (Å²) in [6, 6.07) is 5.75. The molecule has 1 amide bonds. The quantitative estimate of drug-likeness (QED) is 0.865. The first kappa shape index (κ1) is 16.5. The number of rotatable bonds is 4. The van der Waals surface area contributed by atoms with E-state index in [2.05, 4.69) is 23.1 Å². The first-order valence-corrected chi connectivity index (χ1v) is 8.40. The Bertz CT molecular complexity index is 708. The Morgan fingerprint density at radius 2 is 2.17 bits per heavy atom. The summed E-state index contributed by atoms with van der Waals surface area (Å²) < 4.78 is 7.07. The van der Waals surface area contributed by atoms with Crippen molar-refractivity contribution in [2.75, 3.05) is 13.7 Å². The van der Waals surface area contributed by atoms with Crippen molar-refractivity contribution in [1.82, 2.24) is 19.7 Å². The van der Waals surface area contributed by atoms with Crippen molar-refractivity contribution in [1.29, 1.82) is 0 Å². The molecule has 0 saturated carbocycles. The molecular formula is C18H24N4O2. The summed E-state index contributed by atoms with van der Waals surface area (Å²) in [5.41, 5.74) is 2.76. The van der Waals surface area contributed by atoms with Crippen LogP contribution in [0.1, 0.15) is 41.0 Å². The van der Waals surface area contributed by atoms with E-state index in [1.165, 1.54) is 0 Å². The van der Waals surface area contributed by atoms with Crippen molar-refractivity contribution in [3.63, 3.8) is 0 Å². The van der Waals surface area contributed by atoms with Crippen molar-refractivity contribution in [2.24, 2.45) is 0 Å². The SMILES string of the molecule is COc1ccc(C(=O)N2CCCC[C@H]2Cn2nc(C)cc2C)cn1. The van der Waals surface area contributed by atoms with Crippen molar-refractivity contribution in [3.8, 4) is 5.88 Å². The Balaban J connectivity index is 1.78. The zero-order valence-electron chi connectivity index (χ0n) is 14.5. The van der Waals surface area contributed by atoms with Gasteiger partial charge in [-0.2, -0.15) is 5.10 Å². The zero-order chi connectivity index (χ0) is 17.1. The maximum atomic E-state index is 12.9. The van der Waals surface area contributed by atoms with Crippen LogP contribution in [-0.2, 0) is 6.54 Å². The van der Waals surface area contributed by atoms with Gasteiger partial charge in [0.1, 0.15) is 0 Å². The van der Waals surface area contributed by atoms with E-state index in [4.69, 9.17) is 4.74 Å². The lowest BCUT2D eigenvalue weighted by Crippen LogP contribution is -2.46. The van der Waals surface area contributed by atoms with Crippen LogP contribution in [0.5, 0.6) is 5.88 Å². The molecule has 6 nitrogen and oxygen atoms in total. The van der Waals surface area contributed by atoms with Gasteiger partial charge in [0, 0.05) is 24.5 Å². The van der Waals surface area contributed by atoms with Crippen LogP contribution in [0.3, 0.4) is 0 Å². The van der Waals surface area contributed by atoms with Gasteiger partial charge in [0.15, 0.2) is 0 Å². The van der Waals surface area contributed by atoms with Crippen molar-refractivity contribution in [2.45, 2.75) is 45.7 Å². The van der Waals surface area contributed by atoms with Crippen LogP contribution >= 0.6 is 0 Å². The van der Waals surface area contributed by atoms with E-state index in [1.807, 2.05) is 16.5 Å². The van der Waals surface area contributed by atoms with Crippen LogP contribution in [-0.4, -0.2) is 45.3 Å². The molecule has 3 heterocycles. The molecule has 1 aliphatic heterocycles. The van der Waals surface area contributed by atoms with Gasteiger partial charge >= 0.3 is 0 Å². The molecule has 24 heavy (non-hydrogen) atoms. The molecule has 2 aromatic heterocycles. The molecule has 0 bridgehead atoms. The van der Waals surface area contributed by atoms with Crippen LogP contribution in [0.4, 0.5) is 0 Å². The summed E-state index contributed by atoms with van der Waals surface area (Å²) in [6.45, 7) is 5.59. The minimum atomic E-state index is 0.0383. The van der Waals surface area contributed by atoms with Gasteiger partial charge in [-0.3, -0.25) is 9.48 Å². The number of methoxy groups -OCH3 is 1. The third-order valence-corrected chi connectivity index (χ3v) is 4.57. The van der Waals surface area contributed by atoms with E-state index >= 15 is 0 Å². The van der Waals surface area contributed by atoms with Gasteiger partial charge in [0.2, 0.25) is 5.88 Å². The van der Waals surface area contributed by atoms with E-state index in [0.29, 0.717) is 11.4 Å². The van der Waals surface area contributed by atoms with Crippen molar-refractivity contribution < 1.29 is 9.53 Å². The fourth-order valence-electron chi connectivity index (χ4n) is 3.31. The van der Waals surface area contributed by atoms with Gasteiger partial charge < -0.3 is 9.64 Å². The molecule has 128 valence electrons. The van der Waals surface area contributed by atoms with Gasteiger partial charge in [-0.15, -0.1) is 0 Å². The van der Waals surface area contributed by atoms with E-state index in [9.17, 15) is 4.79 Å². The van der Waals surface area contributed by atoms with E-state index < -0.39 is 0 Å². The third-order valence-electron chi connectivity index (χ3n) is 4.57. The highest BCUT2D eigenvalue weighted by molar-refractivity contribution is 5.94. The Kier molecular flexibility index (Phi) is 4.83. The molecule has 1 fully saturated rings. The Hall–Kier alpha value is -2.37. The smallest absolute Gasteiger partial charge is 0.255 e. The number of amides is 1. The predicted molar refractivity (Wildman–Crippen MR) is 91.2 cm³/mol. The Morgan fingerprint density at radius 1 is 1.33 bits per heavy atom. The molecule has 0 aliphatic carbocycles. The molecular weight excluding hydrogens is 304 g/mol. The molecule has 0 aromatic carbocycles. The minimum absolute atomic E-state index is 0.0383. The van der Waals surface area contributed by atoms with Crippen LogP contribution in [0.25, 0.3) is 0 Å². The number of aromatic nitrogens is 3. The van der Waals surface area contributed by atoms with Gasteiger partial charge in [0.05, 0.1) is 31.0 Å². The molecule has 3 rings (SSSR count). The predicted octanol–water partition coefficient (Wildman–Crippen LogP) is 2.60. The topological polar surface area (TPSA) is 60.2 Å². The van der Waals surface area contributed by atoms with Crippen molar-refractivity contribution in [3.05, 3.63) is 41.3 Å². The minimum Gasteiger partial charge on any atom is -0.481 e. The van der Waals surface area contributed by atoms with Gasteiger partial charge in [-0.05, 0) is 45.2 Å². The summed E-state index contributed by atoms with van der Waals surface area (Å²) in [5.74, 6) is 0.556. The van der Waals surface area contributed by atoms with Crippen LogP contribution in [0.15, 0.2) is 24.4 Å². The van der Waals surface area contributed by atoms with Gasteiger partial charge in [0.25, 0.3) is 5.91 Å². The summed E-state index contributed by atoms with van der Waals surface area (Å²) >= 11 is 0. The molecule has 0 N–H and O–H groups in total. The lowest BCUT2D eigenvalue weighted by Gasteiger charge is -2.36. The van der Waals surface area contributed by atoms with Gasteiger partial charge in [-0.25, -0.2) is 4.98 Å². The van der Waals surface area contributed by atoms with E-state index in [0.717, 1.165) is 43.7 Å².